The molecule has 3 aromatic rings. The number of rotatable bonds is 5. The van der Waals surface area contributed by atoms with Gasteiger partial charge in [-0.2, -0.15) is 26.3 Å². The number of carbonyl (C=O) groups excluding carboxylic acids is 1. The summed E-state index contributed by atoms with van der Waals surface area (Å²) in [6, 6.07) is 8.24. The van der Waals surface area contributed by atoms with Gasteiger partial charge in [-0.05, 0) is 42.8 Å². The quantitative estimate of drug-likeness (QED) is 0.258. The average molecular weight is 566 g/mol. The molecule has 16 heteroatoms. The number of aliphatic carboxylic acids is 1. The van der Waals surface area contributed by atoms with Gasteiger partial charge in [0.1, 0.15) is 12.1 Å². The second-order valence-electron chi connectivity index (χ2n) is 7.16. The van der Waals surface area contributed by atoms with Crippen LogP contribution in [0.15, 0.2) is 48.8 Å². The summed E-state index contributed by atoms with van der Waals surface area (Å²) >= 11 is 6.29. The molecule has 0 spiro atoms. The van der Waals surface area contributed by atoms with Gasteiger partial charge in [-0.1, -0.05) is 17.7 Å². The van der Waals surface area contributed by atoms with Gasteiger partial charge in [-0.3, -0.25) is 0 Å². The Kier molecular flexibility index (Phi) is 9.71. The number of nitrogens with one attached hydrogen (secondary N) is 3. The van der Waals surface area contributed by atoms with Crippen molar-refractivity contribution in [2.75, 3.05) is 23.0 Å². The Labute approximate surface area is 215 Å². The standard InChI is InChI=1S/C20H17ClF3N5O2.C2HF3O2/c1-11-6-14(8-15(21)18(11)31-17-9-16(25-2)26-10-27-17)29-19(30)28-13-5-3-4-12(7-13)20(22,23)24;3-2(4,5)1(6)7/h3-10H,1-2H3,(H,25,26,27)(H2,28,29,30);(H,6,7). The van der Waals surface area contributed by atoms with Crippen LogP contribution in [0.4, 0.5) is 48.3 Å². The Morgan fingerprint density at radius 1 is 0.974 bits per heavy atom. The molecule has 204 valence electrons. The van der Waals surface area contributed by atoms with Gasteiger partial charge in [-0.25, -0.2) is 19.6 Å². The van der Waals surface area contributed by atoms with Crippen molar-refractivity contribution in [3.05, 3.63) is 64.9 Å². The zero-order valence-corrected chi connectivity index (χ0v) is 20.1. The van der Waals surface area contributed by atoms with Crippen LogP contribution >= 0.6 is 11.6 Å². The Morgan fingerprint density at radius 3 is 2.16 bits per heavy atom. The lowest BCUT2D eigenvalue weighted by atomic mass is 10.2. The molecule has 0 aliphatic carbocycles. The van der Waals surface area contributed by atoms with Gasteiger partial charge in [0.2, 0.25) is 5.88 Å². The van der Waals surface area contributed by atoms with Crippen LogP contribution in [0.2, 0.25) is 5.02 Å². The predicted octanol–water partition coefficient (Wildman–Crippen LogP) is 6.57. The summed E-state index contributed by atoms with van der Waals surface area (Å²) in [6.07, 6.45) is -8.26. The van der Waals surface area contributed by atoms with Crippen LogP contribution in [-0.4, -0.2) is 40.3 Å². The number of alkyl halides is 6. The number of hydrogen-bond donors (Lipinski definition) is 4. The largest absolute Gasteiger partial charge is 0.490 e. The third-order valence-electron chi connectivity index (χ3n) is 4.28. The van der Waals surface area contributed by atoms with Crippen molar-refractivity contribution in [1.82, 2.24) is 9.97 Å². The molecule has 0 atom stereocenters. The Bertz CT molecular complexity index is 1280. The summed E-state index contributed by atoms with van der Waals surface area (Å²) in [5, 5.41) is 15.1. The maximum Gasteiger partial charge on any atom is 0.490 e. The van der Waals surface area contributed by atoms with Crippen molar-refractivity contribution in [3.63, 3.8) is 0 Å². The van der Waals surface area contributed by atoms with E-state index in [1.807, 2.05) is 0 Å². The highest BCUT2D eigenvalue weighted by atomic mass is 35.5. The summed E-state index contributed by atoms with van der Waals surface area (Å²) in [6.45, 7) is 1.72. The first kappa shape index (κ1) is 30.0. The number of urea groups is 1. The van der Waals surface area contributed by atoms with Crippen LogP contribution in [0.5, 0.6) is 11.6 Å². The zero-order chi connectivity index (χ0) is 28.7. The Hall–Kier alpha value is -4.27. The number of aryl methyl sites for hydroxylation is 1. The van der Waals surface area contributed by atoms with Crippen LogP contribution in [0, 0.1) is 6.92 Å². The van der Waals surface area contributed by atoms with Gasteiger partial charge in [0, 0.05) is 24.5 Å². The van der Waals surface area contributed by atoms with E-state index in [1.165, 1.54) is 24.5 Å². The molecule has 0 bridgehead atoms. The molecular formula is C22H18ClF6N5O4. The second kappa shape index (κ2) is 12.3. The molecule has 1 heterocycles. The third kappa shape index (κ3) is 8.99. The van der Waals surface area contributed by atoms with E-state index in [9.17, 15) is 31.1 Å². The van der Waals surface area contributed by atoms with Gasteiger partial charge in [0.25, 0.3) is 0 Å². The first-order chi connectivity index (χ1) is 17.6. The van der Waals surface area contributed by atoms with E-state index in [0.29, 0.717) is 22.8 Å². The predicted molar refractivity (Wildman–Crippen MR) is 126 cm³/mol. The van der Waals surface area contributed by atoms with Gasteiger partial charge >= 0.3 is 24.4 Å². The van der Waals surface area contributed by atoms with Crippen LogP contribution < -0.4 is 20.7 Å². The van der Waals surface area contributed by atoms with Crippen LogP contribution in [-0.2, 0) is 11.0 Å². The number of anilines is 3. The first-order valence-electron chi connectivity index (χ1n) is 10.1. The number of ether oxygens (including phenoxy) is 1. The molecule has 0 aliphatic heterocycles. The number of amides is 2. The lowest BCUT2D eigenvalue weighted by molar-refractivity contribution is -0.192. The van der Waals surface area contributed by atoms with E-state index in [4.69, 9.17) is 26.2 Å². The first-order valence-corrected chi connectivity index (χ1v) is 10.5. The topological polar surface area (TPSA) is 125 Å². The smallest absolute Gasteiger partial charge is 0.475 e. The van der Waals surface area contributed by atoms with Crippen molar-refractivity contribution in [2.24, 2.45) is 0 Å². The van der Waals surface area contributed by atoms with Gasteiger partial charge in [0.15, 0.2) is 5.75 Å². The van der Waals surface area contributed by atoms with Crippen molar-refractivity contribution in [1.29, 1.82) is 0 Å². The fourth-order valence-electron chi connectivity index (χ4n) is 2.64. The maximum atomic E-state index is 12.8. The molecule has 38 heavy (non-hydrogen) atoms. The maximum absolute atomic E-state index is 12.8. The van der Waals surface area contributed by atoms with Crippen molar-refractivity contribution < 1.29 is 45.8 Å². The highest BCUT2D eigenvalue weighted by molar-refractivity contribution is 6.32. The van der Waals surface area contributed by atoms with Crippen LogP contribution in [0.3, 0.4) is 0 Å². The van der Waals surface area contributed by atoms with E-state index in [1.54, 1.807) is 26.1 Å². The monoisotopic (exact) mass is 565 g/mol. The molecular weight excluding hydrogens is 548 g/mol. The summed E-state index contributed by atoms with van der Waals surface area (Å²) in [5.41, 5.74) is 0.0699. The van der Waals surface area contributed by atoms with E-state index in [2.05, 4.69) is 25.9 Å². The number of benzene rings is 2. The zero-order valence-electron chi connectivity index (χ0n) is 19.3. The van der Waals surface area contributed by atoms with Crippen molar-refractivity contribution >= 4 is 40.8 Å². The Balaban J connectivity index is 0.000000638. The molecule has 1 aromatic heterocycles. The molecule has 9 nitrogen and oxygen atoms in total. The molecule has 4 N–H and O–H groups in total. The fraction of sp³-hybridized carbons (Fsp3) is 0.182. The normalized spacial score (nSPS) is 11.1. The number of nitrogens with zero attached hydrogens (tertiary/aromatic N) is 2. The molecule has 0 saturated carbocycles. The molecule has 0 unspecified atom stereocenters. The second-order valence-corrected chi connectivity index (χ2v) is 7.57. The van der Waals surface area contributed by atoms with E-state index in [-0.39, 0.29) is 16.6 Å². The molecule has 0 saturated heterocycles. The summed E-state index contributed by atoms with van der Waals surface area (Å²) in [4.78, 5) is 29.1. The lowest BCUT2D eigenvalue weighted by Gasteiger charge is -2.14. The molecule has 0 fully saturated rings. The number of aromatic nitrogens is 2. The van der Waals surface area contributed by atoms with E-state index in [0.717, 1.165) is 12.1 Å². The number of carbonyl (C=O) groups is 2. The van der Waals surface area contributed by atoms with Crippen molar-refractivity contribution in [2.45, 2.75) is 19.3 Å². The van der Waals surface area contributed by atoms with Gasteiger partial charge in [-0.15, -0.1) is 0 Å². The molecule has 2 amide bonds. The minimum Gasteiger partial charge on any atom is -0.475 e. The number of carboxylic acids is 1. The number of carboxylic acid groups (broad SMARTS) is 1. The molecule has 0 radical (unpaired) electrons. The molecule has 2 aromatic carbocycles. The van der Waals surface area contributed by atoms with E-state index < -0.39 is 29.9 Å². The van der Waals surface area contributed by atoms with Gasteiger partial charge < -0.3 is 25.8 Å². The third-order valence-corrected chi connectivity index (χ3v) is 4.56. The minimum absolute atomic E-state index is 0.000744. The minimum atomic E-state index is -5.08. The Morgan fingerprint density at radius 2 is 1.61 bits per heavy atom. The highest BCUT2D eigenvalue weighted by Crippen LogP contribution is 2.35. The number of halogens is 7. The van der Waals surface area contributed by atoms with Crippen LogP contribution in [0.1, 0.15) is 11.1 Å². The summed E-state index contributed by atoms with van der Waals surface area (Å²) in [5.74, 6) is -1.59. The summed E-state index contributed by atoms with van der Waals surface area (Å²) in [7, 11) is 1.70. The van der Waals surface area contributed by atoms with Crippen LogP contribution in [0.25, 0.3) is 0 Å². The van der Waals surface area contributed by atoms with Gasteiger partial charge in [0.05, 0.1) is 10.6 Å². The SMILES string of the molecule is CNc1cc(Oc2c(C)cc(NC(=O)Nc3cccc(C(F)(F)F)c3)cc2Cl)ncn1.O=C(O)C(F)(F)F. The average Bonchev–Trinajstić information content (AvgIpc) is 2.81. The van der Waals surface area contributed by atoms with Crippen molar-refractivity contribution in [3.8, 4) is 11.6 Å². The fourth-order valence-corrected chi connectivity index (χ4v) is 2.94. The number of hydrogen-bond acceptors (Lipinski definition) is 6. The summed E-state index contributed by atoms with van der Waals surface area (Å²) < 4.78 is 75.9. The molecule has 3 rings (SSSR count). The van der Waals surface area contributed by atoms with E-state index >= 15 is 0 Å². The molecule has 0 aliphatic rings. The lowest BCUT2D eigenvalue weighted by Crippen LogP contribution is -2.21. The highest BCUT2D eigenvalue weighted by Gasteiger charge is 2.38.